The number of carbonyl (C=O) groups excluding carboxylic acids is 1. The molecule has 0 aliphatic rings. The molecule has 0 aliphatic carbocycles. The molecule has 3 aromatic rings. The lowest BCUT2D eigenvalue weighted by atomic mass is 10.1. The molecule has 0 bridgehead atoms. The number of rotatable bonds is 6. The highest BCUT2D eigenvalue weighted by atomic mass is 32.2. The third-order valence-corrected chi connectivity index (χ3v) is 5.01. The van der Waals surface area contributed by atoms with Crippen LogP contribution < -0.4 is 0 Å². The molecule has 0 saturated heterocycles. The van der Waals surface area contributed by atoms with E-state index in [2.05, 4.69) is 15.5 Å². The largest absolute Gasteiger partial charge is 0.341 e. The normalized spacial score (nSPS) is 10.7. The molecular formula is C19H21N5OS. The van der Waals surface area contributed by atoms with Crippen LogP contribution in [0.5, 0.6) is 0 Å². The van der Waals surface area contributed by atoms with E-state index in [1.165, 1.54) is 11.8 Å². The molecule has 26 heavy (non-hydrogen) atoms. The van der Waals surface area contributed by atoms with Gasteiger partial charge in [0.25, 0.3) is 0 Å². The smallest absolute Gasteiger partial charge is 0.233 e. The topological polar surface area (TPSA) is 63.9 Å². The highest BCUT2D eigenvalue weighted by molar-refractivity contribution is 7.99. The molecule has 0 radical (unpaired) electrons. The van der Waals surface area contributed by atoms with Crippen LogP contribution in [0.2, 0.25) is 0 Å². The average Bonchev–Trinajstić information content (AvgIpc) is 3.08. The Kier molecular flexibility index (Phi) is 5.68. The fourth-order valence-corrected chi connectivity index (χ4v) is 3.55. The van der Waals surface area contributed by atoms with Crippen molar-refractivity contribution >= 4 is 17.7 Å². The molecule has 0 atom stereocenters. The van der Waals surface area contributed by atoms with E-state index in [9.17, 15) is 4.79 Å². The van der Waals surface area contributed by atoms with Gasteiger partial charge in [0, 0.05) is 13.6 Å². The van der Waals surface area contributed by atoms with E-state index < -0.39 is 0 Å². The minimum absolute atomic E-state index is 0.0370. The Hall–Kier alpha value is -2.67. The summed E-state index contributed by atoms with van der Waals surface area (Å²) in [6.45, 7) is 4.64. The quantitative estimate of drug-likeness (QED) is 0.627. The Morgan fingerprint density at radius 3 is 2.46 bits per heavy atom. The number of para-hydroxylation sites is 1. The molecule has 1 aromatic heterocycles. The highest BCUT2D eigenvalue weighted by Gasteiger charge is 2.16. The molecule has 0 unspecified atom stereocenters. The Morgan fingerprint density at radius 2 is 1.77 bits per heavy atom. The number of benzene rings is 2. The van der Waals surface area contributed by atoms with Crippen LogP contribution in [0.15, 0.2) is 53.7 Å². The van der Waals surface area contributed by atoms with Crippen LogP contribution in [0.3, 0.4) is 0 Å². The fourth-order valence-electron chi connectivity index (χ4n) is 2.73. The van der Waals surface area contributed by atoms with E-state index in [0.29, 0.717) is 11.7 Å². The second-order valence-electron chi connectivity index (χ2n) is 6.14. The Balaban J connectivity index is 1.67. The van der Waals surface area contributed by atoms with Crippen molar-refractivity contribution < 1.29 is 4.79 Å². The molecule has 134 valence electrons. The van der Waals surface area contributed by atoms with Crippen LogP contribution in [0, 0.1) is 13.8 Å². The van der Waals surface area contributed by atoms with E-state index in [-0.39, 0.29) is 11.7 Å². The molecule has 0 aliphatic heterocycles. The van der Waals surface area contributed by atoms with Gasteiger partial charge in [-0.2, -0.15) is 4.68 Å². The van der Waals surface area contributed by atoms with Gasteiger partial charge >= 0.3 is 0 Å². The summed E-state index contributed by atoms with van der Waals surface area (Å²) >= 11 is 1.35. The molecule has 0 N–H and O–H groups in total. The zero-order valence-corrected chi connectivity index (χ0v) is 15.9. The van der Waals surface area contributed by atoms with Crippen molar-refractivity contribution in [2.45, 2.75) is 25.5 Å². The van der Waals surface area contributed by atoms with Gasteiger partial charge < -0.3 is 4.90 Å². The van der Waals surface area contributed by atoms with Crippen molar-refractivity contribution in [2.75, 3.05) is 12.8 Å². The van der Waals surface area contributed by atoms with Crippen LogP contribution in [-0.4, -0.2) is 43.8 Å². The number of tetrazole rings is 1. The molecular weight excluding hydrogens is 346 g/mol. The van der Waals surface area contributed by atoms with Gasteiger partial charge in [-0.25, -0.2) is 0 Å². The van der Waals surface area contributed by atoms with Crippen LogP contribution in [0.1, 0.15) is 16.7 Å². The first-order valence-electron chi connectivity index (χ1n) is 8.32. The standard InChI is InChI=1S/C19H21N5OS/c1-14-8-7-9-15(2)18(14)24-19(20-21-22-24)26-13-17(25)23(3)12-16-10-5-4-6-11-16/h4-11H,12-13H2,1-3H3. The van der Waals surface area contributed by atoms with E-state index in [1.54, 1.807) is 9.58 Å². The molecule has 0 fully saturated rings. The van der Waals surface area contributed by atoms with Gasteiger partial charge in [-0.05, 0) is 41.0 Å². The van der Waals surface area contributed by atoms with Gasteiger partial charge in [0.1, 0.15) is 0 Å². The van der Waals surface area contributed by atoms with Crippen molar-refractivity contribution in [1.82, 2.24) is 25.1 Å². The van der Waals surface area contributed by atoms with Gasteiger partial charge in [-0.3, -0.25) is 4.79 Å². The maximum absolute atomic E-state index is 12.5. The lowest BCUT2D eigenvalue weighted by Gasteiger charge is -2.17. The molecule has 1 amide bonds. The average molecular weight is 367 g/mol. The summed E-state index contributed by atoms with van der Waals surface area (Å²) in [6.07, 6.45) is 0. The second-order valence-corrected chi connectivity index (χ2v) is 7.08. The van der Waals surface area contributed by atoms with Crippen molar-refractivity contribution in [3.63, 3.8) is 0 Å². The van der Waals surface area contributed by atoms with Gasteiger partial charge in [0.05, 0.1) is 11.4 Å². The summed E-state index contributed by atoms with van der Waals surface area (Å²) in [5, 5.41) is 12.6. The summed E-state index contributed by atoms with van der Waals surface area (Å²) in [7, 11) is 1.81. The summed E-state index contributed by atoms with van der Waals surface area (Å²) in [5.74, 6) is 0.323. The number of aromatic nitrogens is 4. The first-order valence-corrected chi connectivity index (χ1v) is 9.30. The Morgan fingerprint density at radius 1 is 1.08 bits per heavy atom. The molecule has 1 heterocycles. The third-order valence-electron chi connectivity index (χ3n) is 4.11. The van der Waals surface area contributed by atoms with Crippen LogP contribution in [0.25, 0.3) is 5.69 Å². The second kappa shape index (κ2) is 8.14. The first kappa shape index (κ1) is 18.1. The maximum atomic E-state index is 12.5. The van der Waals surface area contributed by atoms with Crippen LogP contribution in [-0.2, 0) is 11.3 Å². The zero-order chi connectivity index (χ0) is 18.5. The van der Waals surface area contributed by atoms with Crippen molar-refractivity contribution in [2.24, 2.45) is 0 Å². The molecule has 3 rings (SSSR count). The summed E-state index contributed by atoms with van der Waals surface area (Å²) in [4.78, 5) is 14.2. The maximum Gasteiger partial charge on any atom is 0.233 e. The lowest BCUT2D eigenvalue weighted by molar-refractivity contribution is -0.127. The number of aryl methyl sites for hydroxylation is 2. The van der Waals surface area contributed by atoms with Gasteiger partial charge in [0.2, 0.25) is 11.1 Å². The van der Waals surface area contributed by atoms with E-state index >= 15 is 0 Å². The molecule has 6 nitrogen and oxygen atoms in total. The van der Waals surface area contributed by atoms with Crippen LogP contribution >= 0.6 is 11.8 Å². The molecule has 0 spiro atoms. The highest BCUT2D eigenvalue weighted by Crippen LogP contribution is 2.23. The summed E-state index contributed by atoms with van der Waals surface area (Å²) in [6, 6.07) is 16.0. The fraction of sp³-hybridized carbons (Fsp3) is 0.263. The van der Waals surface area contributed by atoms with Gasteiger partial charge in [-0.1, -0.05) is 60.3 Å². The number of nitrogens with zero attached hydrogens (tertiary/aromatic N) is 5. The van der Waals surface area contributed by atoms with Crippen molar-refractivity contribution in [1.29, 1.82) is 0 Å². The Labute approximate surface area is 157 Å². The molecule has 7 heteroatoms. The van der Waals surface area contributed by atoms with E-state index in [4.69, 9.17) is 0 Å². The SMILES string of the molecule is Cc1cccc(C)c1-n1nnnc1SCC(=O)N(C)Cc1ccccc1. The number of hydrogen-bond acceptors (Lipinski definition) is 5. The number of amides is 1. The molecule has 2 aromatic carbocycles. The van der Waals surface area contributed by atoms with Crippen LogP contribution in [0.4, 0.5) is 0 Å². The monoisotopic (exact) mass is 367 g/mol. The van der Waals surface area contributed by atoms with E-state index in [0.717, 1.165) is 22.4 Å². The number of carbonyl (C=O) groups is 1. The van der Waals surface area contributed by atoms with Crippen molar-refractivity contribution in [3.8, 4) is 5.69 Å². The summed E-state index contributed by atoms with van der Waals surface area (Å²) in [5.41, 5.74) is 4.25. The lowest BCUT2D eigenvalue weighted by Crippen LogP contribution is -2.27. The Bertz CT molecular complexity index is 874. The third kappa shape index (κ3) is 4.11. The van der Waals surface area contributed by atoms with Crippen molar-refractivity contribution in [3.05, 3.63) is 65.2 Å². The molecule has 0 saturated carbocycles. The van der Waals surface area contributed by atoms with E-state index in [1.807, 2.05) is 69.4 Å². The predicted octanol–water partition coefficient (Wildman–Crippen LogP) is 3.03. The van der Waals surface area contributed by atoms with Gasteiger partial charge in [0.15, 0.2) is 0 Å². The first-order chi connectivity index (χ1) is 12.6. The number of thioether (sulfide) groups is 1. The summed E-state index contributed by atoms with van der Waals surface area (Å²) < 4.78 is 1.71. The predicted molar refractivity (Wildman–Crippen MR) is 102 cm³/mol. The minimum Gasteiger partial charge on any atom is -0.341 e. The van der Waals surface area contributed by atoms with Gasteiger partial charge in [-0.15, -0.1) is 5.10 Å². The zero-order valence-electron chi connectivity index (χ0n) is 15.1. The number of hydrogen-bond donors (Lipinski definition) is 0. The minimum atomic E-state index is 0.0370.